The van der Waals surface area contributed by atoms with Crippen molar-refractivity contribution < 1.29 is 9.47 Å². The van der Waals surface area contributed by atoms with Gasteiger partial charge in [-0.3, -0.25) is 9.36 Å². The third kappa shape index (κ3) is 4.87. The molecule has 1 aliphatic carbocycles. The van der Waals surface area contributed by atoms with Gasteiger partial charge in [-0.1, -0.05) is 95.7 Å². The third-order valence-electron chi connectivity index (χ3n) is 7.78. The van der Waals surface area contributed by atoms with Gasteiger partial charge in [-0.15, -0.1) is 0 Å². The van der Waals surface area contributed by atoms with Crippen LogP contribution in [0.25, 0.3) is 11.8 Å². The van der Waals surface area contributed by atoms with Crippen LogP contribution < -0.4 is 24.4 Å². The summed E-state index contributed by atoms with van der Waals surface area (Å²) in [6.45, 7) is 0.438. The topological polar surface area (TPSA) is 52.8 Å². The van der Waals surface area contributed by atoms with E-state index >= 15 is 0 Å². The molecule has 1 aromatic heterocycles. The van der Waals surface area contributed by atoms with Crippen LogP contribution in [-0.2, 0) is 13.0 Å². The van der Waals surface area contributed by atoms with Crippen molar-refractivity contribution in [3.05, 3.63) is 155 Å². The normalized spacial score (nSPS) is 15.9. The van der Waals surface area contributed by atoms with E-state index in [1.165, 1.54) is 16.9 Å². The van der Waals surface area contributed by atoms with Crippen molar-refractivity contribution in [2.24, 2.45) is 4.99 Å². The van der Waals surface area contributed by atoms with Crippen LogP contribution in [0.5, 0.6) is 11.5 Å². The number of hydrogen-bond donors (Lipinski definition) is 0. The highest BCUT2D eigenvalue weighted by molar-refractivity contribution is 7.07. The molecule has 5 aromatic rings. The highest BCUT2D eigenvalue weighted by atomic mass is 35.5. The Hall–Kier alpha value is -4.39. The highest BCUT2D eigenvalue weighted by Gasteiger charge is 2.32. The van der Waals surface area contributed by atoms with Gasteiger partial charge in [0, 0.05) is 10.6 Å². The van der Waals surface area contributed by atoms with E-state index in [9.17, 15) is 4.79 Å². The van der Waals surface area contributed by atoms with Crippen LogP contribution in [0, 0.1) is 0 Å². The van der Waals surface area contributed by atoms with Gasteiger partial charge in [0.25, 0.3) is 5.56 Å². The molecule has 42 heavy (non-hydrogen) atoms. The Morgan fingerprint density at radius 3 is 2.55 bits per heavy atom. The van der Waals surface area contributed by atoms with Gasteiger partial charge in [-0.25, -0.2) is 4.99 Å². The highest BCUT2D eigenvalue weighted by Crippen LogP contribution is 2.41. The molecule has 4 aromatic carbocycles. The number of benzene rings is 4. The molecule has 0 amide bonds. The summed E-state index contributed by atoms with van der Waals surface area (Å²) >= 11 is 7.66. The lowest BCUT2D eigenvalue weighted by molar-refractivity contribution is 0.284. The maximum absolute atomic E-state index is 14.0. The van der Waals surface area contributed by atoms with Gasteiger partial charge in [0.1, 0.15) is 6.61 Å². The molecular weight excluding hydrogens is 564 g/mol. The maximum Gasteiger partial charge on any atom is 0.271 e. The van der Waals surface area contributed by atoms with E-state index in [0.717, 1.165) is 46.4 Å². The van der Waals surface area contributed by atoms with Crippen molar-refractivity contribution in [2.75, 3.05) is 7.11 Å². The number of thiazole rings is 1. The number of ether oxygens (including phenoxy) is 2. The summed E-state index contributed by atoms with van der Waals surface area (Å²) in [6.07, 6.45) is 3.66. The van der Waals surface area contributed by atoms with Crippen LogP contribution in [0.15, 0.2) is 112 Å². The van der Waals surface area contributed by atoms with Crippen LogP contribution >= 0.6 is 22.9 Å². The minimum Gasteiger partial charge on any atom is -0.493 e. The van der Waals surface area contributed by atoms with E-state index in [1.807, 2.05) is 83.4 Å². The minimum atomic E-state index is -0.243. The van der Waals surface area contributed by atoms with Gasteiger partial charge >= 0.3 is 0 Å². The van der Waals surface area contributed by atoms with E-state index in [1.54, 1.807) is 7.11 Å². The predicted octanol–water partition coefficient (Wildman–Crippen LogP) is 6.56. The molecule has 1 atom stereocenters. The molecule has 208 valence electrons. The molecular formula is C35H27ClN2O3S. The summed E-state index contributed by atoms with van der Waals surface area (Å²) in [5.74, 6) is 1.26. The van der Waals surface area contributed by atoms with Crippen LogP contribution in [0.2, 0.25) is 5.02 Å². The Morgan fingerprint density at radius 2 is 1.74 bits per heavy atom. The van der Waals surface area contributed by atoms with Gasteiger partial charge in [0.15, 0.2) is 16.3 Å². The Kier molecular flexibility index (Phi) is 7.02. The molecule has 0 saturated heterocycles. The number of aryl methyl sites for hydroxylation is 1. The van der Waals surface area contributed by atoms with Crippen molar-refractivity contribution in [3.63, 3.8) is 0 Å². The van der Waals surface area contributed by atoms with Crippen LogP contribution in [0.3, 0.4) is 0 Å². The lowest BCUT2D eigenvalue weighted by Crippen LogP contribution is -2.38. The van der Waals surface area contributed by atoms with Crippen molar-refractivity contribution >= 4 is 34.7 Å². The maximum atomic E-state index is 14.0. The van der Waals surface area contributed by atoms with E-state index in [0.29, 0.717) is 32.5 Å². The molecule has 0 unspecified atom stereocenters. The zero-order valence-electron chi connectivity index (χ0n) is 22.9. The molecule has 0 spiro atoms. The second-order valence-corrected chi connectivity index (χ2v) is 11.8. The van der Waals surface area contributed by atoms with Crippen LogP contribution in [0.1, 0.15) is 40.3 Å². The lowest BCUT2D eigenvalue weighted by Gasteiger charge is -2.30. The van der Waals surface area contributed by atoms with E-state index in [2.05, 4.69) is 24.3 Å². The third-order valence-corrected chi connectivity index (χ3v) is 9.02. The number of hydrogen-bond acceptors (Lipinski definition) is 5. The minimum absolute atomic E-state index is 0.0625. The van der Waals surface area contributed by atoms with Gasteiger partial charge in [0.05, 0.1) is 23.4 Å². The van der Waals surface area contributed by atoms with E-state index in [4.69, 9.17) is 26.1 Å². The number of halogens is 1. The fourth-order valence-electron chi connectivity index (χ4n) is 5.75. The monoisotopic (exact) mass is 590 g/mol. The van der Waals surface area contributed by atoms with E-state index in [-0.39, 0.29) is 11.6 Å². The molecule has 0 saturated carbocycles. The zero-order chi connectivity index (χ0) is 28.6. The molecule has 2 heterocycles. The van der Waals surface area contributed by atoms with Crippen molar-refractivity contribution in [1.29, 1.82) is 0 Å². The average molecular weight is 591 g/mol. The number of allylic oxidation sites excluding steroid dienone is 1. The largest absolute Gasteiger partial charge is 0.493 e. The first-order valence-electron chi connectivity index (χ1n) is 13.8. The predicted molar refractivity (Wildman–Crippen MR) is 168 cm³/mol. The quantitative estimate of drug-likeness (QED) is 0.225. The second-order valence-electron chi connectivity index (χ2n) is 10.3. The first-order chi connectivity index (χ1) is 20.6. The van der Waals surface area contributed by atoms with Gasteiger partial charge in [-0.2, -0.15) is 0 Å². The zero-order valence-corrected chi connectivity index (χ0v) is 24.5. The molecule has 7 heteroatoms. The Bertz CT molecular complexity index is 2010. The molecule has 0 N–H and O–H groups in total. The molecule has 7 rings (SSSR count). The standard InChI is InChI=1S/C35H27ClN2O3S/c1-40-30-19-23(11-18-29(30)41-21-22-7-3-2-4-8-22)20-31-34(39)38-33(25-12-15-26(36)16-13-25)28-17-14-24-9-5-6-10-27(24)32(28)37-35(38)42-31/h2-13,15-16,18-20,33H,14,17,21H2,1H3/b31-20+/t33-/m0/s1. The fraction of sp³-hybridized carbons (Fsp3) is 0.143. The summed E-state index contributed by atoms with van der Waals surface area (Å²) in [7, 11) is 1.62. The van der Waals surface area contributed by atoms with Crippen LogP contribution in [-0.4, -0.2) is 11.7 Å². The first kappa shape index (κ1) is 26.5. The number of nitrogens with zero attached hydrogens (tertiary/aromatic N) is 2. The van der Waals surface area contributed by atoms with Crippen LogP contribution in [0.4, 0.5) is 0 Å². The molecule has 1 aliphatic heterocycles. The molecule has 2 aliphatic rings. The van der Waals surface area contributed by atoms with Crippen molar-refractivity contribution in [3.8, 4) is 11.5 Å². The first-order valence-corrected chi connectivity index (χ1v) is 15.0. The summed E-state index contributed by atoms with van der Waals surface area (Å²) in [5.41, 5.74) is 7.46. The molecule has 0 fully saturated rings. The Balaban J connectivity index is 1.32. The lowest BCUT2D eigenvalue weighted by atomic mass is 9.83. The number of fused-ring (bicyclic) bond motifs is 3. The fourth-order valence-corrected chi connectivity index (χ4v) is 6.87. The van der Waals surface area contributed by atoms with Crippen molar-refractivity contribution in [2.45, 2.75) is 25.5 Å². The van der Waals surface area contributed by atoms with Gasteiger partial charge in [0.2, 0.25) is 0 Å². The second kappa shape index (κ2) is 11.1. The summed E-state index contributed by atoms with van der Waals surface area (Å²) < 4.78 is 14.1. The SMILES string of the molecule is COc1cc(/C=c2/sc3n(c2=O)[C@@H](c2ccc(Cl)cc2)C2=C(N=3)c3ccccc3CC2)ccc1OCc1ccccc1. The number of rotatable bonds is 6. The average Bonchev–Trinajstić information content (AvgIpc) is 3.34. The molecule has 0 radical (unpaired) electrons. The smallest absolute Gasteiger partial charge is 0.271 e. The Morgan fingerprint density at radius 1 is 0.952 bits per heavy atom. The summed E-state index contributed by atoms with van der Waals surface area (Å²) in [4.78, 5) is 19.8. The van der Waals surface area contributed by atoms with Gasteiger partial charge < -0.3 is 9.47 Å². The number of methoxy groups -OCH3 is 1. The van der Waals surface area contributed by atoms with Crippen molar-refractivity contribution in [1.82, 2.24) is 4.57 Å². The summed E-state index contributed by atoms with van der Waals surface area (Å²) in [5, 5.41) is 0.666. The number of aromatic nitrogens is 1. The molecule has 5 nitrogen and oxygen atoms in total. The Labute approximate surface area is 252 Å². The summed E-state index contributed by atoms with van der Waals surface area (Å²) in [6, 6.07) is 31.7. The molecule has 0 bridgehead atoms. The van der Waals surface area contributed by atoms with E-state index < -0.39 is 0 Å². The van der Waals surface area contributed by atoms with Gasteiger partial charge in [-0.05, 0) is 71.0 Å².